The van der Waals surface area contributed by atoms with E-state index in [2.05, 4.69) is 60.3 Å². The number of carbonyl (C=O) groups excluding carboxylic acids is 2. The number of Topliss-reactive ketones (excluding diaryl/α,β-unsaturated/α-hetero) is 2. The molecule has 0 aromatic heterocycles. The topological polar surface area (TPSA) is 71.1 Å². The molecule has 37 heavy (non-hydrogen) atoms. The van der Waals surface area contributed by atoms with Crippen molar-refractivity contribution in [2.75, 3.05) is 21.3 Å². The second-order valence-electron chi connectivity index (χ2n) is 10.5. The predicted octanol–water partition coefficient (Wildman–Crippen LogP) is 7.08. The van der Waals surface area contributed by atoms with Gasteiger partial charge in [-0.3, -0.25) is 9.59 Å². The third-order valence-corrected chi connectivity index (χ3v) is 14.3. The van der Waals surface area contributed by atoms with Gasteiger partial charge in [0.25, 0.3) is 5.79 Å². The molecule has 2 atom stereocenters. The Hall–Kier alpha value is -1.69. The number of carbonyl (C=O) groups is 2. The van der Waals surface area contributed by atoms with Crippen LogP contribution in [0.3, 0.4) is 0 Å². The summed E-state index contributed by atoms with van der Waals surface area (Å²) in [5, 5.41) is -1.38. The Bertz CT molecular complexity index is 1040. The molecule has 206 valence electrons. The quantitative estimate of drug-likeness (QED) is 0.127. The second-order valence-corrected chi connectivity index (χ2v) is 16.4. The second kappa shape index (κ2) is 12.4. The molecule has 0 radical (unpaired) electrons. The van der Waals surface area contributed by atoms with E-state index in [0.29, 0.717) is 34.2 Å². The van der Waals surface area contributed by atoms with Crippen LogP contribution in [0.25, 0.3) is 0 Å². The summed E-state index contributed by atoms with van der Waals surface area (Å²) in [6.45, 7) is 17.3. The average Bonchev–Trinajstić information content (AvgIpc) is 2.85. The number of alkyl halides is 1. The van der Waals surface area contributed by atoms with Gasteiger partial charge < -0.3 is 18.6 Å². The van der Waals surface area contributed by atoms with Crippen molar-refractivity contribution in [3.8, 4) is 17.6 Å². The van der Waals surface area contributed by atoms with Crippen LogP contribution in [0.15, 0.2) is 6.07 Å². The Morgan fingerprint density at radius 3 is 1.97 bits per heavy atom. The first kappa shape index (κ1) is 31.5. The van der Waals surface area contributed by atoms with Gasteiger partial charge in [0.2, 0.25) is 14.1 Å². The summed E-state index contributed by atoms with van der Waals surface area (Å²) in [6, 6.07) is 1.65. The molecule has 0 fully saturated rings. The highest BCUT2D eigenvalue weighted by atomic mass is 35.5. The van der Waals surface area contributed by atoms with Crippen LogP contribution in [0, 0.1) is 11.8 Å². The smallest absolute Gasteiger partial charge is 0.257 e. The van der Waals surface area contributed by atoms with E-state index in [9.17, 15) is 9.59 Å². The lowest BCUT2D eigenvalue weighted by Crippen LogP contribution is -2.57. The minimum absolute atomic E-state index is 0.124. The molecule has 0 saturated carbocycles. The van der Waals surface area contributed by atoms with Crippen LogP contribution < -0.4 is 4.74 Å². The van der Waals surface area contributed by atoms with E-state index in [1.807, 2.05) is 0 Å². The van der Waals surface area contributed by atoms with Crippen LogP contribution in [-0.2, 0) is 13.9 Å². The first-order valence-corrected chi connectivity index (χ1v) is 15.6. The highest BCUT2D eigenvalue weighted by Crippen LogP contribution is 2.50. The summed E-state index contributed by atoms with van der Waals surface area (Å²) in [6.07, 6.45) is 1.19. The van der Waals surface area contributed by atoms with E-state index in [-0.39, 0.29) is 23.0 Å². The molecule has 1 aliphatic carbocycles. The monoisotopic (exact) mass is 550 g/mol. The lowest BCUT2D eigenvalue weighted by molar-refractivity contribution is -0.164. The number of rotatable bonds is 11. The number of benzene rings is 1. The minimum atomic E-state index is -2.33. The summed E-state index contributed by atoms with van der Waals surface area (Å²) in [5.74, 6) is 3.43. The third kappa shape index (κ3) is 5.16. The SMILES string of the molecule is CC#Cc1cc2c(c(OC)c1C(CCC)O[Si](C(C)C)(C(C)C)C(C)C)C(=O)C(Cl)C(OC)(OC)C2=O. The van der Waals surface area contributed by atoms with Gasteiger partial charge >= 0.3 is 0 Å². The van der Waals surface area contributed by atoms with Gasteiger partial charge in [0.15, 0.2) is 11.2 Å². The first-order valence-electron chi connectivity index (χ1n) is 13.0. The van der Waals surface area contributed by atoms with Crippen LogP contribution in [0.5, 0.6) is 5.75 Å². The Morgan fingerprint density at radius 1 is 1.03 bits per heavy atom. The van der Waals surface area contributed by atoms with E-state index in [1.165, 1.54) is 21.3 Å². The molecule has 0 spiro atoms. The standard InChI is InChI=1S/C29H43ClO6Si/c1-12-14-20-16-21-24(25(31)27(30)29(34-10,35-11)28(21)32)26(33-9)23(20)22(15-13-2)36-37(17(3)4,18(5)6)19(7)8/h16-19,22,27H,13,15H2,1-11H3. The summed E-state index contributed by atoms with van der Waals surface area (Å²) < 4.78 is 24.0. The molecule has 2 rings (SSSR count). The number of ketones is 2. The maximum Gasteiger partial charge on any atom is 0.257 e. The van der Waals surface area contributed by atoms with E-state index in [1.54, 1.807) is 13.0 Å². The van der Waals surface area contributed by atoms with E-state index >= 15 is 0 Å². The molecule has 1 aromatic carbocycles. The number of hydrogen-bond acceptors (Lipinski definition) is 6. The van der Waals surface area contributed by atoms with Crippen molar-refractivity contribution in [3.05, 3.63) is 28.3 Å². The van der Waals surface area contributed by atoms with Gasteiger partial charge in [0, 0.05) is 30.9 Å². The number of fused-ring (bicyclic) bond motifs is 1. The Labute approximate surface area is 228 Å². The molecule has 8 heteroatoms. The summed E-state index contributed by atoms with van der Waals surface area (Å²) in [5.41, 5.74) is 2.61. The Morgan fingerprint density at radius 2 is 1.57 bits per heavy atom. The molecule has 2 unspecified atom stereocenters. The maximum absolute atomic E-state index is 13.7. The molecule has 0 amide bonds. The third-order valence-electron chi connectivity index (χ3n) is 7.69. The normalized spacial score (nSPS) is 18.2. The lowest BCUT2D eigenvalue weighted by Gasteiger charge is -2.45. The van der Waals surface area contributed by atoms with Crippen molar-refractivity contribution in [2.24, 2.45) is 0 Å². The zero-order valence-electron chi connectivity index (χ0n) is 24.2. The Kier molecular flexibility index (Phi) is 10.6. The Balaban J connectivity index is 2.97. The van der Waals surface area contributed by atoms with Gasteiger partial charge in [-0.25, -0.2) is 0 Å². The fourth-order valence-electron chi connectivity index (χ4n) is 6.12. The summed E-state index contributed by atoms with van der Waals surface area (Å²) in [4.78, 5) is 27.4. The molecule has 1 aliphatic rings. The highest BCUT2D eigenvalue weighted by Gasteiger charge is 2.56. The maximum atomic E-state index is 13.7. The molecule has 0 aliphatic heterocycles. The van der Waals surface area contributed by atoms with Crippen molar-refractivity contribution in [1.82, 2.24) is 0 Å². The molecule has 0 N–H and O–H groups in total. The van der Waals surface area contributed by atoms with Crippen LogP contribution in [0.2, 0.25) is 16.6 Å². The van der Waals surface area contributed by atoms with Gasteiger partial charge in [0.1, 0.15) is 5.75 Å². The van der Waals surface area contributed by atoms with Crippen molar-refractivity contribution in [3.63, 3.8) is 0 Å². The number of ether oxygens (including phenoxy) is 3. The summed E-state index contributed by atoms with van der Waals surface area (Å²) >= 11 is 6.54. The van der Waals surface area contributed by atoms with Gasteiger partial charge in [-0.05, 0) is 36.0 Å². The number of methoxy groups -OCH3 is 3. The lowest BCUT2D eigenvalue weighted by atomic mass is 9.80. The van der Waals surface area contributed by atoms with E-state index in [4.69, 9.17) is 30.2 Å². The molecular formula is C29H43ClO6Si. The minimum Gasteiger partial charge on any atom is -0.496 e. The highest BCUT2D eigenvalue weighted by molar-refractivity contribution is 6.77. The molecule has 0 bridgehead atoms. The van der Waals surface area contributed by atoms with Crippen LogP contribution in [0.1, 0.15) is 106 Å². The zero-order chi connectivity index (χ0) is 28.3. The fourth-order valence-corrected chi connectivity index (χ4v) is 12.1. The summed E-state index contributed by atoms with van der Waals surface area (Å²) in [7, 11) is 1.77. The van der Waals surface area contributed by atoms with E-state index in [0.717, 1.165) is 6.42 Å². The number of hydrogen-bond donors (Lipinski definition) is 0. The van der Waals surface area contributed by atoms with Gasteiger partial charge in [-0.1, -0.05) is 60.8 Å². The largest absolute Gasteiger partial charge is 0.496 e. The van der Waals surface area contributed by atoms with Crippen molar-refractivity contribution < 1.29 is 28.2 Å². The van der Waals surface area contributed by atoms with Crippen molar-refractivity contribution in [2.45, 2.75) is 102 Å². The van der Waals surface area contributed by atoms with Crippen LogP contribution >= 0.6 is 11.6 Å². The van der Waals surface area contributed by atoms with Gasteiger partial charge in [-0.15, -0.1) is 17.5 Å². The zero-order valence-corrected chi connectivity index (χ0v) is 26.0. The van der Waals surface area contributed by atoms with E-state index < -0.39 is 31.0 Å². The molecular weight excluding hydrogens is 508 g/mol. The molecule has 0 heterocycles. The van der Waals surface area contributed by atoms with Gasteiger partial charge in [-0.2, -0.15) is 0 Å². The first-order chi connectivity index (χ1) is 17.4. The fraction of sp³-hybridized carbons (Fsp3) is 0.655. The van der Waals surface area contributed by atoms with Crippen LogP contribution in [0.4, 0.5) is 0 Å². The average molecular weight is 551 g/mol. The predicted molar refractivity (Wildman–Crippen MR) is 150 cm³/mol. The number of halogens is 1. The van der Waals surface area contributed by atoms with Crippen molar-refractivity contribution >= 4 is 31.5 Å². The molecule has 1 aromatic rings. The molecule has 6 nitrogen and oxygen atoms in total. The van der Waals surface area contributed by atoms with Crippen molar-refractivity contribution in [1.29, 1.82) is 0 Å². The van der Waals surface area contributed by atoms with Crippen LogP contribution in [-0.4, -0.2) is 52.4 Å². The van der Waals surface area contributed by atoms with Gasteiger partial charge in [0.05, 0.1) is 18.8 Å². The molecule has 0 saturated heterocycles.